The molecule has 1 aliphatic carbocycles. The van der Waals surface area contributed by atoms with Crippen LogP contribution in [0.25, 0.3) is 0 Å². The van der Waals surface area contributed by atoms with Crippen molar-refractivity contribution in [1.82, 2.24) is 9.78 Å². The summed E-state index contributed by atoms with van der Waals surface area (Å²) in [7, 11) is 1.66. The molecule has 1 fully saturated rings. The Kier molecular flexibility index (Phi) is 3.66. The van der Waals surface area contributed by atoms with Crippen molar-refractivity contribution in [2.45, 2.75) is 26.0 Å². The third-order valence-corrected chi connectivity index (χ3v) is 3.81. The lowest BCUT2D eigenvalue weighted by Crippen LogP contribution is -2.14. The summed E-state index contributed by atoms with van der Waals surface area (Å²) in [4.78, 5) is 0. The second kappa shape index (κ2) is 4.85. The number of aliphatic hydroxyl groups is 1. The summed E-state index contributed by atoms with van der Waals surface area (Å²) >= 11 is 3.44. The third-order valence-electron chi connectivity index (χ3n) is 3.20. The maximum absolute atomic E-state index is 10.2. The third kappa shape index (κ3) is 2.31. The Bertz CT molecular complexity index is 367. The second-order valence-electron chi connectivity index (χ2n) is 4.42. The van der Waals surface area contributed by atoms with E-state index in [0.29, 0.717) is 25.0 Å². The number of rotatable bonds is 5. The van der Waals surface area contributed by atoms with Crippen molar-refractivity contribution in [3.8, 4) is 0 Å². The summed E-state index contributed by atoms with van der Waals surface area (Å²) in [5.41, 5.74) is 0.881. The Morgan fingerprint density at radius 2 is 2.44 bits per heavy atom. The number of nitrogens with zero attached hydrogens (tertiary/aromatic N) is 2. The van der Waals surface area contributed by atoms with E-state index in [1.807, 2.05) is 4.68 Å². The molecule has 0 amide bonds. The number of aliphatic hydroxyl groups excluding tert-OH is 1. The first-order valence-electron chi connectivity index (χ1n) is 5.53. The SMILES string of the molecule is COCCn1ncc(Br)c1C(O)C1CC1C. The van der Waals surface area contributed by atoms with Crippen molar-refractivity contribution in [3.63, 3.8) is 0 Å². The summed E-state index contributed by atoms with van der Waals surface area (Å²) in [6.45, 7) is 3.45. The molecule has 0 saturated heterocycles. The van der Waals surface area contributed by atoms with Crippen LogP contribution < -0.4 is 0 Å². The van der Waals surface area contributed by atoms with Gasteiger partial charge in [0.15, 0.2) is 0 Å². The summed E-state index contributed by atoms with van der Waals surface area (Å²) < 4.78 is 7.74. The number of hydrogen-bond acceptors (Lipinski definition) is 3. The Morgan fingerprint density at radius 1 is 1.75 bits per heavy atom. The standard InChI is InChI=1S/C11H17BrN2O2/c1-7-5-8(7)11(15)10-9(12)6-13-14(10)3-4-16-2/h6-8,11,15H,3-5H2,1-2H3. The quantitative estimate of drug-likeness (QED) is 0.901. The van der Waals surface area contributed by atoms with Crippen LogP contribution in [-0.4, -0.2) is 28.6 Å². The Labute approximate surface area is 104 Å². The molecule has 1 aromatic rings. The molecule has 4 nitrogen and oxygen atoms in total. The fraction of sp³-hybridized carbons (Fsp3) is 0.727. The predicted molar refractivity (Wildman–Crippen MR) is 64.0 cm³/mol. The summed E-state index contributed by atoms with van der Waals surface area (Å²) in [6, 6.07) is 0. The van der Waals surface area contributed by atoms with Crippen molar-refractivity contribution in [3.05, 3.63) is 16.4 Å². The normalized spacial score (nSPS) is 25.8. The van der Waals surface area contributed by atoms with Crippen molar-refractivity contribution in [2.24, 2.45) is 11.8 Å². The monoisotopic (exact) mass is 288 g/mol. The van der Waals surface area contributed by atoms with Crippen LogP contribution in [0.3, 0.4) is 0 Å². The molecule has 0 radical (unpaired) electrons. The van der Waals surface area contributed by atoms with Crippen molar-refractivity contribution in [2.75, 3.05) is 13.7 Å². The molecule has 2 rings (SSSR count). The Hall–Kier alpha value is -0.390. The van der Waals surface area contributed by atoms with Gasteiger partial charge in [0.1, 0.15) is 0 Å². The van der Waals surface area contributed by atoms with Gasteiger partial charge < -0.3 is 9.84 Å². The largest absolute Gasteiger partial charge is 0.386 e. The van der Waals surface area contributed by atoms with Gasteiger partial charge >= 0.3 is 0 Å². The van der Waals surface area contributed by atoms with Crippen LogP contribution in [0.4, 0.5) is 0 Å². The van der Waals surface area contributed by atoms with E-state index in [1.54, 1.807) is 13.3 Å². The van der Waals surface area contributed by atoms with Crippen LogP contribution in [-0.2, 0) is 11.3 Å². The molecule has 0 bridgehead atoms. The molecule has 90 valence electrons. The number of hydrogen-bond donors (Lipinski definition) is 1. The van der Waals surface area contributed by atoms with E-state index in [-0.39, 0.29) is 0 Å². The number of methoxy groups -OCH3 is 1. The van der Waals surface area contributed by atoms with E-state index in [1.165, 1.54) is 0 Å². The zero-order valence-corrected chi connectivity index (χ0v) is 11.1. The topological polar surface area (TPSA) is 47.3 Å². The minimum Gasteiger partial charge on any atom is -0.386 e. The molecule has 3 atom stereocenters. The molecule has 0 spiro atoms. The van der Waals surface area contributed by atoms with E-state index in [9.17, 15) is 5.11 Å². The van der Waals surface area contributed by atoms with Gasteiger partial charge in [-0.1, -0.05) is 6.92 Å². The molecular formula is C11H17BrN2O2. The molecule has 1 aliphatic rings. The lowest BCUT2D eigenvalue weighted by molar-refractivity contribution is 0.130. The molecule has 5 heteroatoms. The average molecular weight is 289 g/mol. The Balaban J connectivity index is 2.14. The van der Waals surface area contributed by atoms with Gasteiger partial charge in [-0.2, -0.15) is 5.10 Å². The van der Waals surface area contributed by atoms with Gasteiger partial charge in [0, 0.05) is 7.11 Å². The van der Waals surface area contributed by atoms with Gasteiger partial charge in [0.2, 0.25) is 0 Å². The molecule has 1 aromatic heterocycles. The predicted octanol–water partition coefficient (Wildman–Crippen LogP) is 1.98. The molecule has 1 N–H and O–H groups in total. The molecule has 0 aromatic carbocycles. The minimum atomic E-state index is -0.413. The highest BCUT2D eigenvalue weighted by Gasteiger charge is 2.41. The molecule has 16 heavy (non-hydrogen) atoms. The van der Waals surface area contributed by atoms with Crippen LogP contribution in [0.2, 0.25) is 0 Å². The van der Waals surface area contributed by atoms with Gasteiger partial charge in [-0.05, 0) is 34.2 Å². The highest BCUT2D eigenvalue weighted by Crippen LogP contribution is 2.48. The van der Waals surface area contributed by atoms with Crippen LogP contribution in [0.15, 0.2) is 10.7 Å². The van der Waals surface area contributed by atoms with E-state index in [0.717, 1.165) is 16.6 Å². The fourth-order valence-electron chi connectivity index (χ4n) is 2.02. The zero-order valence-electron chi connectivity index (χ0n) is 9.56. The van der Waals surface area contributed by atoms with Crippen LogP contribution >= 0.6 is 15.9 Å². The lowest BCUT2D eigenvalue weighted by atomic mass is 10.1. The summed E-state index contributed by atoms with van der Waals surface area (Å²) in [5.74, 6) is 1.00. The van der Waals surface area contributed by atoms with Gasteiger partial charge in [0.25, 0.3) is 0 Å². The number of halogens is 1. The maximum atomic E-state index is 10.2. The van der Waals surface area contributed by atoms with Gasteiger partial charge in [0.05, 0.1) is 35.6 Å². The first-order chi connectivity index (χ1) is 7.65. The minimum absolute atomic E-state index is 0.384. The molecular weight excluding hydrogens is 272 g/mol. The van der Waals surface area contributed by atoms with Crippen LogP contribution in [0.1, 0.15) is 25.1 Å². The first kappa shape index (κ1) is 12.1. The zero-order chi connectivity index (χ0) is 11.7. The maximum Gasteiger partial charge on any atom is 0.0998 e. The van der Waals surface area contributed by atoms with Gasteiger partial charge in [-0.25, -0.2) is 0 Å². The van der Waals surface area contributed by atoms with E-state index in [4.69, 9.17) is 4.74 Å². The van der Waals surface area contributed by atoms with Gasteiger partial charge in [-0.3, -0.25) is 4.68 Å². The van der Waals surface area contributed by atoms with Gasteiger partial charge in [-0.15, -0.1) is 0 Å². The molecule has 1 heterocycles. The molecule has 0 aliphatic heterocycles. The van der Waals surface area contributed by atoms with Crippen LogP contribution in [0.5, 0.6) is 0 Å². The summed E-state index contributed by atoms with van der Waals surface area (Å²) in [6.07, 6.45) is 2.42. The number of ether oxygens (including phenoxy) is 1. The van der Waals surface area contributed by atoms with Crippen molar-refractivity contribution >= 4 is 15.9 Å². The second-order valence-corrected chi connectivity index (χ2v) is 5.27. The van der Waals surface area contributed by atoms with Crippen molar-refractivity contribution < 1.29 is 9.84 Å². The number of aromatic nitrogens is 2. The summed E-state index contributed by atoms with van der Waals surface area (Å²) in [5, 5.41) is 14.5. The highest BCUT2D eigenvalue weighted by atomic mass is 79.9. The first-order valence-corrected chi connectivity index (χ1v) is 6.32. The lowest BCUT2D eigenvalue weighted by Gasteiger charge is -2.13. The molecule has 1 saturated carbocycles. The van der Waals surface area contributed by atoms with Crippen LogP contribution in [0, 0.1) is 11.8 Å². The van der Waals surface area contributed by atoms with E-state index < -0.39 is 6.10 Å². The molecule has 3 unspecified atom stereocenters. The fourth-order valence-corrected chi connectivity index (χ4v) is 2.55. The highest BCUT2D eigenvalue weighted by molar-refractivity contribution is 9.10. The smallest absolute Gasteiger partial charge is 0.0998 e. The van der Waals surface area contributed by atoms with E-state index in [2.05, 4.69) is 28.0 Å². The van der Waals surface area contributed by atoms with Crippen molar-refractivity contribution in [1.29, 1.82) is 0 Å². The average Bonchev–Trinajstić information content (AvgIpc) is 2.87. The van der Waals surface area contributed by atoms with E-state index >= 15 is 0 Å². The Morgan fingerprint density at radius 3 is 3.00 bits per heavy atom.